The van der Waals surface area contributed by atoms with Crippen LogP contribution in [0.1, 0.15) is 11.1 Å². The van der Waals surface area contributed by atoms with E-state index in [1.165, 1.54) is 5.56 Å². The van der Waals surface area contributed by atoms with E-state index in [0.29, 0.717) is 0 Å². The second kappa shape index (κ2) is 8.34. The first-order valence-corrected chi connectivity index (χ1v) is 9.89. The number of nitrogens with one attached hydrogen (secondary N) is 1. The van der Waals surface area contributed by atoms with E-state index in [1.807, 2.05) is 36.1 Å². The van der Waals surface area contributed by atoms with Gasteiger partial charge in [-0.15, -0.1) is 0 Å². The average Bonchev–Trinajstić information content (AvgIpc) is 2.61. The molecule has 0 spiro atoms. The molecule has 4 nitrogen and oxygen atoms in total. The van der Waals surface area contributed by atoms with Gasteiger partial charge in [0.1, 0.15) is 0 Å². The predicted molar refractivity (Wildman–Crippen MR) is 109 cm³/mol. The fourth-order valence-corrected chi connectivity index (χ4v) is 3.59. The smallest absolute Gasteiger partial charge is 0.321 e. The summed E-state index contributed by atoms with van der Waals surface area (Å²) in [4.78, 5) is 16.7. The van der Waals surface area contributed by atoms with E-state index >= 15 is 0 Å². The Morgan fingerprint density at radius 1 is 1.04 bits per heavy atom. The number of halogens is 2. The van der Waals surface area contributed by atoms with E-state index in [2.05, 4.69) is 60.3 Å². The quantitative estimate of drug-likeness (QED) is 0.700. The molecule has 0 bridgehead atoms. The summed E-state index contributed by atoms with van der Waals surface area (Å²) in [5, 5.41) is 3.02. The first-order chi connectivity index (χ1) is 12.0. The summed E-state index contributed by atoms with van der Waals surface area (Å²) in [5.74, 6) is 0. The Balaban J connectivity index is 1.52. The maximum absolute atomic E-state index is 12.5. The van der Waals surface area contributed by atoms with Gasteiger partial charge in [0.25, 0.3) is 0 Å². The number of urea groups is 1. The lowest BCUT2D eigenvalue weighted by Crippen LogP contribution is -2.49. The van der Waals surface area contributed by atoms with Crippen LogP contribution in [0.25, 0.3) is 0 Å². The molecule has 3 rings (SSSR count). The summed E-state index contributed by atoms with van der Waals surface area (Å²) < 4.78 is 2.13. The van der Waals surface area contributed by atoms with Gasteiger partial charge in [-0.1, -0.05) is 24.3 Å². The van der Waals surface area contributed by atoms with Crippen LogP contribution in [0.2, 0.25) is 0 Å². The summed E-state index contributed by atoms with van der Waals surface area (Å²) in [7, 11) is 0. The SMILES string of the molecule is Cc1ccccc1NC(=O)N1CCN(Cc2ccc(Br)c(Br)c2)CC1. The van der Waals surface area contributed by atoms with Crippen molar-refractivity contribution in [2.75, 3.05) is 31.5 Å². The molecule has 2 amide bonds. The van der Waals surface area contributed by atoms with Crippen molar-refractivity contribution in [1.29, 1.82) is 0 Å². The second-order valence-electron chi connectivity index (χ2n) is 6.26. The molecule has 6 heteroatoms. The minimum atomic E-state index is -0.0136. The molecule has 0 atom stereocenters. The lowest BCUT2D eigenvalue weighted by Gasteiger charge is -2.34. The van der Waals surface area contributed by atoms with Crippen LogP contribution in [0, 0.1) is 6.92 Å². The van der Waals surface area contributed by atoms with E-state index in [-0.39, 0.29) is 6.03 Å². The van der Waals surface area contributed by atoms with E-state index in [4.69, 9.17) is 0 Å². The molecule has 0 radical (unpaired) electrons. The van der Waals surface area contributed by atoms with Gasteiger partial charge >= 0.3 is 6.03 Å². The lowest BCUT2D eigenvalue weighted by molar-refractivity contribution is 0.143. The Morgan fingerprint density at radius 2 is 1.76 bits per heavy atom. The highest BCUT2D eigenvalue weighted by atomic mass is 79.9. The molecule has 2 aromatic carbocycles. The van der Waals surface area contributed by atoms with Gasteiger partial charge in [-0.25, -0.2) is 4.79 Å². The van der Waals surface area contributed by atoms with Gasteiger partial charge in [-0.05, 0) is 68.1 Å². The first-order valence-electron chi connectivity index (χ1n) is 8.31. The third-order valence-electron chi connectivity index (χ3n) is 4.44. The van der Waals surface area contributed by atoms with Crippen LogP contribution >= 0.6 is 31.9 Å². The lowest BCUT2D eigenvalue weighted by atomic mass is 10.2. The number of hydrogen-bond acceptors (Lipinski definition) is 2. The molecule has 0 aliphatic carbocycles. The van der Waals surface area contributed by atoms with Gasteiger partial charge < -0.3 is 10.2 Å². The normalized spacial score (nSPS) is 15.2. The zero-order valence-corrected chi connectivity index (χ0v) is 17.3. The Kier molecular flexibility index (Phi) is 6.15. The maximum atomic E-state index is 12.5. The molecule has 132 valence electrons. The van der Waals surface area contributed by atoms with Crippen LogP contribution in [0.3, 0.4) is 0 Å². The number of nitrogens with zero attached hydrogens (tertiary/aromatic N) is 2. The number of amides is 2. The fraction of sp³-hybridized carbons (Fsp3) is 0.316. The van der Waals surface area contributed by atoms with Gasteiger partial charge in [0.15, 0.2) is 0 Å². The van der Waals surface area contributed by atoms with Crippen molar-refractivity contribution in [2.24, 2.45) is 0 Å². The van der Waals surface area contributed by atoms with Crippen molar-refractivity contribution in [3.8, 4) is 0 Å². The zero-order chi connectivity index (χ0) is 17.8. The number of anilines is 1. The molecule has 0 saturated carbocycles. The number of para-hydroxylation sites is 1. The number of piperazine rings is 1. The van der Waals surface area contributed by atoms with Crippen molar-refractivity contribution in [3.05, 3.63) is 62.5 Å². The summed E-state index contributed by atoms with van der Waals surface area (Å²) in [5.41, 5.74) is 3.23. The van der Waals surface area contributed by atoms with Crippen LogP contribution in [0.5, 0.6) is 0 Å². The van der Waals surface area contributed by atoms with Crippen LogP contribution in [-0.2, 0) is 6.54 Å². The number of rotatable bonds is 3. The molecule has 1 saturated heterocycles. The van der Waals surface area contributed by atoms with Crippen LogP contribution in [0.4, 0.5) is 10.5 Å². The molecule has 0 aromatic heterocycles. The number of hydrogen-bond donors (Lipinski definition) is 1. The Bertz CT molecular complexity index is 758. The molecule has 1 fully saturated rings. The summed E-state index contributed by atoms with van der Waals surface area (Å²) in [6, 6.07) is 14.2. The molecule has 1 heterocycles. The minimum absolute atomic E-state index is 0.0136. The van der Waals surface area contributed by atoms with E-state index in [9.17, 15) is 4.79 Å². The third-order valence-corrected chi connectivity index (χ3v) is 6.32. The second-order valence-corrected chi connectivity index (χ2v) is 7.97. The molecule has 2 aromatic rings. The van der Waals surface area contributed by atoms with Crippen LogP contribution in [0.15, 0.2) is 51.4 Å². The summed E-state index contributed by atoms with van der Waals surface area (Å²) in [6.45, 7) is 6.16. The standard InChI is InChI=1S/C19H21Br2N3O/c1-14-4-2-3-5-18(14)22-19(25)24-10-8-23(9-11-24)13-15-6-7-16(20)17(21)12-15/h2-7,12H,8-11,13H2,1H3,(H,22,25). The van der Waals surface area contributed by atoms with Gasteiger partial charge in [0.05, 0.1) is 0 Å². The zero-order valence-electron chi connectivity index (χ0n) is 14.1. The maximum Gasteiger partial charge on any atom is 0.321 e. The fourth-order valence-electron chi connectivity index (χ4n) is 2.91. The van der Waals surface area contributed by atoms with Gasteiger partial charge in [0.2, 0.25) is 0 Å². The average molecular weight is 467 g/mol. The Labute approximate surface area is 165 Å². The van der Waals surface area contributed by atoms with Gasteiger partial charge in [0, 0.05) is 47.4 Å². The molecule has 25 heavy (non-hydrogen) atoms. The minimum Gasteiger partial charge on any atom is -0.322 e. The first kappa shape index (κ1) is 18.4. The summed E-state index contributed by atoms with van der Waals surface area (Å²) in [6.07, 6.45) is 0. The van der Waals surface area contributed by atoms with Crippen molar-refractivity contribution >= 4 is 43.6 Å². The molecule has 1 aliphatic rings. The molecule has 0 unspecified atom stereocenters. The number of carbonyl (C=O) groups is 1. The molecular weight excluding hydrogens is 446 g/mol. The van der Waals surface area contributed by atoms with Crippen LogP contribution < -0.4 is 5.32 Å². The Hall–Kier alpha value is -1.37. The molecule has 1 aliphatic heterocycles. The highest BCUT2D eigenvalue weighted by molar-refractivity contribution is 9.13. The van der Waals surface area contributed by atoms with Crippen molar-refractivity contribution in [1.82, 2.24) is 9.80 Å². The van der Waals surface area contributed by atoms with Crippen LogP contribution in [-0.4, -0.2) is 42.0 Å². The highest BCUT2D eigenvalue weighted by Gasteiger charge is 2.21. The van der Waals surface area contributed by atoms with Gasteiger partial charge in [-0.2, -0.15) is 0 Å². The number of aryl methyl sites for hydroxylation is 1. The summed E-state index contributed by atoms with van der Waals surface area (Å²) >= 11 is 7.05. The molecular formula is C19H21Br2N3O. The van der Waals surface area contributed by atoms with E-state index in [1.54, 1.807) is 0 Å². The van der Waals surface area contributed by atoms with Crippen molar-refractivity contribution in [3.63, 3.8) is 0 Å². The van der Waals surface area contributed by atoms with E-state index in [0.717, 1.165) is 52.9 Å². The third kappa shape index (κ3) is 4.84. The van der Waals surface area contributed by atoms with Crippen molar-refractivity contribution < 1.29 is 4.79 Å². The van der Waals surface area contributed by atoms with Crippen molar-refractivity contribution in [2.45, 2.75) is 13.5 Å². The predicted octanol–water partition coefficient (Wildman–Crippen LogP) is 4.87. The topological polar surface area (TPSA) is 35.6 Å². The number of carbonyl (C=O) groups excluding carboxylic acids is 1. The largest absolute Gasteiger partial charge is 0.322 e. The van der Waals surface area contributed by atoms with E-state index < -0.39 is 0 Å². The number of benzene rings is 2. The molecule has 1 N–H and O–H groups in total. The Morgan fingerprint density at radius 3 is 2.44 bits per heavy atom. The monoisotopic (exact) mass is 465 g/mol. The highest BCUT2D eigenvalue weighted by Crippen LogP contribution is 2.24. The van der Waals surface area contributed by atoms with Gasteiger partial charge in [-0.3, -0.25) is 4.90 Å².